The summed E-state index contributed by atoms with van der Waals surface area (Å²) in [6, 6.07) is 12.6. The maximum Gasteiger partial charge on any atom is 0.262 e. The zero-order valence-corrected chi connectivity index (χ0v) is 25.3. The fraction of sp³-hybridized carbons (Fsp3) is 0.485. The molecule has 0 saturated carbocycles. The van der Waals surface area contributed by atoms with Crippen LogP contribution in [0.25, 0.3) is 10.9 Å². The Kier molecular flexibility index (Phi) is 12.3. The van der Waals surface area contributed by atoms with Crippen molar-refractivity contribution in [2.24, 2.45) is 0 Å². The van der Waals surface area contributed by atoms with Crippen LogP contribution in [0.15, 0.2) is 42.5 Å². The first-order chi connectivity index (χ1) is 19.8. The Hall–Kier alpha value is -3.81. The number of hydrogen-bond donors (Lipinski definition) is 1. The molecule has 2 aromatic carbocycles. The molecule has 1 aromatic heterocycles. The molecule has 1 N–H and O–H groups in total. The summed E-state index contributed by atoms with van der Waals surface area (Å²) in [5, 5.41) is 3.87. The van der Waals surface area contributed by atoms with Gasteiger partial charge in [-0.2, -0.15) is 0 Å². The molecular formula is C33H45N3O5. The number of benzene rings is 2. The lowest BCUT2D eigenvalue weighted by molar-refractivity contribution is -0.130. The second-order valence-corrected chi connectivity index (χ2v) is 10.5. The molecule has 8 nitrogen and oxygen atoms in total. The number of fused-ring (bicyclic) bond motifs is 1. The number of carbonyl (C=O) groups is 3. The summed E-state index contributed by atoms with van der Waals surface area (Å²) >= 11 is 0. The van der Waals surface area contributed by atoms with Crippen LogP contribution in [0.5, 0.6) is 11.5 Å². The van der Waals surface area contributed by atoms with E-state index in [9.17, 15) is 14.4 Å². The minimum Gasteiger partial charge on any atom is -0.497 e. The van der Waals surface area contributed by atoms with Gasteiger partial charge in [-0.1, -0.05) is 32.6 Å². The van der Waals surface area contributed by atoms with Crippen molar-refractivity contribution in [3.8, 4) is 11.5 Å². The number of amides is 2. The van der Waals surface area contributed by atoms with Crippen LogP contribution in [0.3, 0.4) is 0 Å². The quantitative estimate of drug-likeness (QED) is 0.219. The average molecular weight is 564 g/mol. The highest BCUT2D eigenvalue weighted by Crippen LogP contribution is 2.31. The summed E-state index contributed by atoms with van der Waals surface area (Å²) < 4.78 is 12.3. The number of unbranched alkanes of at least 4 members (excludes halogenated alkanes) is 5. The molecular weight excluding hydrogens is 518 g/mol. The first kappa shape index (κ1) is 31.7. The molecule has 0 atom stereocenters. The minimum atomic E-state index is -0.165. The molecule has 0 bridgehead atoms. The van der Waals surface area contributed by atoms with Crippen molar-refractivity contribution in [1.82, 2.24) is 14.8 Å². The van der Waals surface area contributed by atoms with Gasteiger partial charge in [-0.05, 0) is 74.2 Å². The van der Waals surface area contributed by atoms with E-state index in [0.717, 1.165) is 73.7 Å². The number of nitrogens with one attached hydrogen (secondary N) is 1. The number of aromatic nitrogens is 1. The van der Waals surface area contributed by atoms with Crippen LogP contribution in [0.1, 0.15) is 79.9 Å². The van der Waals surface area contributed by atoms with Crippen molar-refractivity contribution >= 4 is 28.6 Å². The lowest BCUT2D eigenvalue weighted by Gasteiger charge is -2.16. The third-order valence-electron chi connectivity index (χ3n) is 7.58. The zero-order valence-electron chi connectivity index (χ0n) is 25.3. The molecule has 0 aliphatic heterocycles. The number of carbonyl (C=O) groups excluding carboxylic acids is 3. The van der Waals surface area contributed by atoms with E-state index in [2.05, 4.69) is 12.2 Å². The Balaban J connectivity index is 1.55. The van der Waals surface area contributed by atoms with Gasteiger partial charge in [-0.3, -0.25) is 19.0 Å². The molecule has 0 radical (unpaired) electrons. The Morgan fingerprint density at radius 2 is 1.54 bits per heavy atom. The maximum atomic E-state index is 13.5. The molecule has 0 aliphatic rings. The van der Waals surface area contributed by atoms with Crippen molar-refractivity contribution < 1.29 is 23.9 Å². The van der Waals surface area contributed by atoms with Gasteiger partial charge in [0.05, 0.1) is 26.2 Å². The molecule has 1 heterocycles. The van der Waals surface area contributed by atoms with Gasteiger partial charge in [0, 0.05) is 43.2 Å². The van der Waals surface area contributed by atoms with Crippen LogP contribution in [0.2, 0.25) is 0 Å². The number of rotatable bonds is 16. The van der Waals surface area contributed by atoms with Gasteiger partial charge >= 0.3 is 0 Å². The fourth-order valence-electron chi connectivity index (χ4n) is 5.03. The van der Waals surface area contributed by atoms with Gasteiger partial charge in [0.15, 0.2) is 0 Å². The molecule has 222 valence electrons. The third-order valence-corrected chi connectivity index (χ3v) is 7.58. The van der Waals surface area contributed by atoms with E-state index in [1.807, 2.05) is 37.1 Å². The van der Waals surface area contributed by atoms with Crippen molar-refractivity contribution in [2.45, 2.75) is 71.6 Å². The van der Waals surface area contributed by atoms with E-state index in [1.54, 1.807) is 43.1 Å². The van der Waals surface area contributed by atoms with E-state index in [-0.39, 0.29) is 24.1 Å². The van der Waals surface area contributed by atoms with Crippen LogP contribution >= 0.6 is 0 Å². The van der Waals surface area contributed by atoms with Gasteiger partial charge in [0.25, 0.3) is 5.91 Å². The van der Waals surface area contributed by atoms with Gasteiger partial charge in [-0.25, -0.2) is 0 Å². The van der Waals surface area contributed by atoms with E-state index >= 15 is 0 Å². The number of hydrogen-bond acceptors (Lipinski definition) is 5. The molecule has 0 spiro atoms. The first-order valence-electron chi connectivity index (χ1n) is 14.7. The fourth-order valence-corrected chi connectivity index (χ4v) is 5.03. The van der Waals surface area contributed by atoms with Crippen molar-refractivity contribution in [2.75, 3.05) is 34.4 Å². The summed E-state index contributed by atoms with van der Waals surface area (Å²) in [6.45, 7) is 5.44. The summed E-state index contributed by atoms with van der Waals surface area (Å²) in [7, 11) is 5.07. The number of nitrogens with zero attached hydrogens (tertiary/aromatic N) is 2. The minimum absolute atomic E-state index is 0.0763. The van der Waals surface area contributed by atoms with Gasteiger partial charge < -0.3 is 19.7 Å². The number of ether oxygens (including phenoxy) is 2. The van der Waals surface area contributed by atoms with Gasteiger partial charge in [-0.15, -0.1) is 0 Å². The molecule has 0 aliphatic carbocycles. The van der Waals surface area contributed by atoms with Crippen LogP contribution < -0.4 is 14.8 Å². The molecule has 2 amide bonds. The third kappa shape index (κ3) is 8.59. The van der Waals surface area contributed by atoms with Crippen LogP contribution in [0.4, 0.5) is 0 Å². The van der Waals surface area contributed by atoms with Crippen molar-refractivity contribution in [3.05, 3.63) is 59.3 Å². The Bertz CT molecular complexity index is 1310. The molecule has 0 fully saturated rings. The van der Waals surface area contributed by atoms with Crippen LogP contribution in [-0.4, -0.2) is 61.5 Å². The lowest BCUT2D eigenvalue weighted by Crippen LogP contribution is -2.27. The second kappa shape index (κ2) is 15.8. The molecule has 3 rings (SSSR count). The Morgan fingerprint density at radius 3 is 2.22 bits per heavy atom. The molecule has 41 heavy (non-hydrogen) atoms. The smallest absolute Gasteiger partial charge is 0.262 e. The van der Waals surface area contributed by atoms with E-state index in [4.69, 9.17) is 9.47 Å². The highest BCUT2D eigenvalue weighted by molar-refractivity contribution is 6.05. The molecule has 0 unspecified atom stereocenters. The average Bonchev–Trinajstić information content (AvgIpc) is 3.26. The first-order valence-corrected chi connectivity index (χ1v) is 14.7. The maximum absolute atomic E-state index is 13.5. The highest BCUT2D eigenvalue weighted by atomic mass is 16.5. The predicted molar refractivity (Wildman–Crippen MR) is 163 cm³/mol. The highest BCUT2D eigenvalue weighted by Gasteiger charge is 2.22. The number of methoxy groups -OCH3 is 2. The van der Waals surface area contributed by atoms with E-state index in [0.29, 0.717) is 30.0 Å². The predicted octanol–water partition coefficient (Wildman–Crippen LogP) is 5.91. The van der Waals surface area contributed by atoms with Crippen LogP contribution in [0, 0.1) is 6.92 Å². The topological polar surface area (TPSA) is 89.9 Å². The van der Waals surface area contributed by atoms with Gasteiger partial charge in [0.2, 0.25) is 11.8 Å². The van der Waals surface area contributed by atoms with Gasteiger partial charge in [0.1, 0.15) is 11.5 Å². The van der Waals surface area contributed by atoms with E-state index < -0.39 is 0 Å². The Labute approximate surface area is 244 Å². The molecule has 3 aromatic rings. The summed E-state index contributed by atoms with van der Waals surface area (Å²) in [6.07, 6.45) is 7.78. The largest absolute Gasteiger partial charge is 0.497 e. The van der Waals surface area contributed by atoms with Crippen LogP contribution in [-0.2, 0) is 16.0 Å². The Morgan fingerprint density at radius 1 is 0.878 bits per heavy atom. The zero-order chi connectivity index (χ0) is 29.8. The summed E-state index contributed by atoms with van der Waals surface area (Å²) in [5.74, 6) is 1.33. The van der Waals surface area contributed by atoms with Crippen molar-refractivity contribution in [3.63, 3.8) is 0 Å². The lowest BCUT2D eigenvalue weighted by atomic mass is 10.1. The summed E-state index contributed by atoms with van der Waals surface area (Å²) in [5.41, 5.74) is 2.82. The monoisotopic (exact) mass is 563 g/mol. The molecule has 0 saturated heterocycles. The second-order valence-electron chi connectivity index (χ2n) is 10.5. The standard InChI is InChI=1S/C33H45N3O5/c1-6-7-21-35(3)32(38)13-11-9-8-10-12-20-34-31(37)23-28-24(2)36(30-19-18-27(41-5)22-29(28)30)33(39)25-14-16-26(40-4)17-15-25/h14-19,22H,6-13,20-21,23H2,1-5H3,(H,34,37). The van der Waals surface area contributed by atoms with E-state index in [1.165, 1.54) is 0 Å². The molecule has 8 heteroatoms. The van der Waals surface area contributed by atoms with Crippen molar-refractivity contribution in [1.29, 1.82) is 0 Å². The normalized spacial score (nSPS) is 11.0. The SMILES string of the molecule is CCCCN(C)C(=O)CCCCCCCNC(=O)Cc1c(C)n(C(=O)c2ccc(OC)cc2)c2ccc(OC)cc12. The summed E-state index contributed by atoms with van der Waals surface area (Å²) in [4.78, 5) is 40.4.